The molecule has 42 heavy (non-hydrogen) atoms. The number of aryl methyl sites for hydroxylation is 1. The molecule has 0 bridgehead atoms. The van der Waals surface area contributed by atoms with Gasteiger partial charge in [-0.05, 0) is 92.6 Å². The zero-order valence-electron chi connectivity index (χ0n) is 24.1. The predicted molar refractivity (Wildman–Crippen MR) is 165 cm³/mol. The van der Waals surface area contributed by atoms with E-state index in [1.165, 1.54) is 10.4 Å². The van der Waals surface area contributed by atoms with E-state index in [0.29, 0.717) is 17.0 Å². The van der Waals surface area contributed by atoms with E-state index < -0.39 is 37.5 Å². The third-order valence-corrected chi connectivity index (χ3v) is 10.4. The Bertz CT molecular complexity index is 1630. The summed E-state index contributed by atoms with van der Waals surface area (Å²) >= 11 is 6.31. The first-order chi connectivity index (χ1) is 19.6. The van der Waals surface area contributed by atoms with Crippen molar-refractivity contribution in [2.45, 2.75) is 51.0 Å². The molecule has 2 aromatic carbocycles. The van der Waals surface area contributed by atoms with Crippen LogP contribution >= 0.6 is 11.6 Å². The summed E-state index contributed by atoms with van der Waals surface area (Å²) in [5, 5.41) is 5.53. The average molecular weight is 637 g/mol. The van der Waals surface area contributed by atoms with Crippen molar-refractivity contribution < 1.29 is 26.2 Å². The molecule has 0 fully saturated rings. The van der Waals surface area contributed by atoms with Crippen molar-refractivity contribution in [2.75, 3.05) is 25.4 Å². The average Bonchev–Trinajstić information content (AvgIpc) is 2.92. The van der Waals surface area contributed by atoms with Gasteiger partial charge >= 0.3 is 6.03 Å². The number of nitrogens with zero attached hydrogens (tertiary/aromatic N) is 2. The van der Waals surface area contributed by atoms with Crippen molar-refractivity contribution in [1.82, 2.24) is 19.9 Å². The molecule has 228 valence electrons. The Balaban J connectivity index is 1.86. The van der Waals surface area contributed by atoms with E-state index in [1.54, 1.807) is 31.5 Å². The van der Waals surface area contributed by atoms with E-state index >= 15 is 0 Å². The molecule has 0 spiro atoms. The molecule has 1 heterocycles. The van der Waals surface area contributed by atoms with Crippen molar-refractivity contribution in [2.24, 2.45) is 0 Å². The lowest BCUT2D eigenvalue weighted by Crippen LogP contribution is -2.47. The Morgan fingerprint density at radius 2 is 1.67 bits per heavy atom. The number of hydrogen-bond donors (Lipinski definition) is 3. The Labute approximate surface area is 253 Å². The maximum atomic E-state index is 14.2. The van der Waals surface area contributed by atoms with Crippen LogP contribution in [0.2, 0.25) is 5.02 Å². The Morgan fingerprint density at radius 1 is 1.00 bits per heavy atom. The van der Waals surface area contributed by atoms with Gasteiger partial charge in [-0.1, -0.05) is 35.9 Å². The molecule has 0 radical (unpaired) electrons. The van der Waals surface area contributed by atoms with E-state index in [4.69, 9.17) is 16.2 Å². The summed E-state index contributed by atoms with van der Waals surface area (Å²) in [7, 11) is -8.15. The second-order valence-corrected chi connectivity index (χ2v) is 14.3. The van der Waals surface area contributed by atoms with Crippen molar-refractivity contribution in [3.63, 3.8) is 0 Å². The number of urea groups is 1. The Kier molecular flexibility index (Phi) is 11.1. The van der Waals surface area contributed by atoms with Gasteiger partial charge in [0.2, 0.25) is 10.0 Å². The summed E-state index contributed by atoms with van der Waals surface area (Å²) in [6, 6.07) is 13.9. The Morgan fingerprint density at radius 3 is 2.33 bits per heavy atom. The molecule has 0 aliphatic heterocycles. The van der Waals surface area contributed by atoms with Crippen LogP contribution in [0.25, 0.3) is 11.1 Å². The number of carbonyl (C=O) groups excluding carboxylic acids is 1. The summed E-state index contributed by atoms with van der Waals surface area (Å²) in [4.78, 5) is 16.4. The maximum absolute atomic E-state index is 14.2. The van der Waals surface area contributed by atoms with Gasteiger partial charge in [0.25, 0.3) is 10.1 Å². The number of carbonyl (C=O) groups is 1. The topological polar surface area (TPSA) is 146 Å². The molecule has 1 aromatic heterocycles. The minimum Gasteiger partial charge on any atom is -0.338 e. The second kappa shape index (κ2) is 14.0. The van der Waals surface area contributed by atoms with Crippen LogP contribution < -0.4 is 10.6 Å². The monoisotopic (exact) mass is 636 g/mol. The number of sulfonamides is 1. The van der Waals surface area contributed by atoms with Gasteiger partial charge in [-0.3, -0.25) is 9.54 Å². The first-order valence-corrected chi connectivity index (χ1v) is 16.8. The van der Waals surface area contributed by atoms with Gasteiger partial charge in [-0.2, -0.15) is 12.7 Å². The first-order valence-electron chi connectivity index (χ1n) is 13.4. The molecule has 0 aliphatic carbocycles. The summed E-state index contributed by atoms with van der Waals surface area (Å²) in [6.07, 6.45) is 3.85. The third kappa shape index (κ3) is 8.51. The first kappa shape index (κ1) is 33.5. The predicted octanol–water partition coefficient (Wildman–Crippen LogP) is 4.91. The van der Waals surface area contributed by atoms with Gasteiger partial charge in [0.05, 0.1) is 16.2 Å². The van der Waals surface area contributed by atoms with Crippen LogP contribution in [0.15, 0.2) is 65.8 Å². The van der Waals surface area contributed by atoms with Crippen LogP contribution in [0.4, 0.5) is 4.79 Å². The molecule has 3 aromatic rings. The minimum atomic E-state index is -4.10. The van der Waals surface area contributed by atoms with Gasteiger partial charge in [0.1, 0.15) is 0 Å². The van der Waals surface area contributed by atoms with Crippen molar-refractivity contribution >= 4 is 37.8 Å². The Hall–Kier alpha value is -3.03. The number of hydrogen-bond acceptors (Lipinski definition) is 6. The molecule has 3 rings (SSSR count). The number of amides is 2. The molecule has 0 unspecified atom stereocenters. The molecule has 0 atom stereocenters. The largest absolute Gasteiger partial charge is 0.338 e. The molecular formula is C29H37ClN4O6S2. The molecule has 13 heteroatoms. The van der Waals surface area contributed by atoms with Gasteiger partial charge in [-0.25, -0.2) is 13.2 Å². The third-order valence-electron chi connectivity index (χ3n) is 7.00. The molecule has 0 aliphatic rings. The fourth-order valence-corrected chi connectivity index (χ4v) is 7.44. The molecule has 2 amide bonds. The smallest absolute Gasteiger partial charge is 0.314 e. The van der Waals surface area contributed by atoms with Crippen molar-refractivity contribution in [1.29, 1.82) is 0 Å². The lowest BCUT2D eigenvalue weighted by Gasteiger charge is -2.38. The molecular weight excluding hydrogens is 600 g/mol. The van der Waals surface area contributed by atoms with Crippen LogP contribution in [0.5, 0.6) is 0 Å². The normalized spacial score (nSPS) is 12.4. The van der Waals surface area contributed by atoms with E-state index in [9.17, 15) is 21.6 Å². The number of nitrogens with one attached hydrogen (secondary N) is 2. The number of pyridine rings is 1. The maximum Gasteiger partial charge on any atom is 0.314 e. The van der Waals surface area contributed by atoms with Gasteiger partial charge in [-0.15, -0.1) is 0 Å². The van der Waals surface area contributed by atoms with E-state index in [-0.39, 0.29) is 31.0 Å². The highest BCUT2D eigenvalue weighted by atomic mass is 35.5. The van der Waals surface area contributed by atoms with Crippen molar-refractivity contribution in [3.05, 3.63) is 82.6 Å². The van der Waals surface area contributed by atoms with Crippen LogP contribution in [0.3, 0.4) is 0 Å². The highest BCUT2D eigenvalue weighted by Crippen LogP contribution is 2.37. The highest BCUT2D eigenvalue weighted by Gasteiger charge is 2.39. The van der Waals surface area contributed by atoms with E-state index in [0.717, 1.165) is 22.3 Å². The van der Waals surface area contributed by atoms with Crippen LogP contribution in [-0.4, -0.2) is 62.1 Å². The molecule has 3 N–H and O–H groups in total. The van der Waals surface area contributed by atoms with E-state index in [1.807, 2.05) is 51.1 Å². The fourth-order valence-electron chi connectivity index (χ4n) is 4.64. The van der Waals surface area contributed by atoms with Crippen molar-refractivity contribution in [3.8, 4) is 11.1 Å². The second-order valence-electron chi connectivity index (χ2n) is 10.4. The minimum absolute atomic E-state index is 0.0560. The van der Waals surface area contributed by atoms with Gasteiger partial charge in [0.15, 0.2) is 0 Å². The number of aromatic nitrogens is 1. The molecule has 10 nitrogen and oxygen atoms in total. The number of benzene rings is 2. The fraction of sp³-hybridized carbons (Fsp3) is 0.379. The summed E-state index contributed by atoms with van der Waals surface area (Å²) < 4.78 is 60.3. The molecule has 0 saturated carbocycles. The number of rotatable bonds is 13. The lowest BCUT2D eigenvalue weighted by atomic mass is 9.90. The van der Waals surface area contributed by atoms with E-state index in [2.05, 4.69) is 15.6 Å². The van der Waals surface area contributed by atoms with Crippen LogP contribution in [0, 0.1) is 13.8 Å². The summed E-state index contributed by atoms with van der Waals surface area (Å²) in [5.41, 5.74) is 3.16. The van der Waals surface area contributed by atoms with Crippen LogP contribution in [0.1, 0.15) is 43.4 Å². The zero-order chi connectivity index (χ0) is 31.1. The quantitative estimate of drug-likeness (QED) is 0.178. The SMILES string of the molecule is Cc1cnccc1-c1cccc(C(C)(C)N(CCCNC(=O)NCCCS(=O)(=O)O)S(=O)(=O)c2cccc(Cl)c2C)c1. The standard InChI is InChI=1S/C29H37ClN4O6S2/c1-21-20-31-16-13-25(21)23-9-5-10-24(19-23)29(3,4)34(42(39,40)27-12-6-11-26(30)22(27)2)17-7-14-32-28(35)33-15-8-18-41(36,37)38/h5-6,9-13,16,19-20H,7-8,14-15,17-18H2,1-4H3,(H2,32,33,35)(H,36,37,38). The lowest BCUT2D eigenvalue weighted by molar-refractivity contribution is 0.224. The summed E-state index contributed by atoms with van der Waals surface area (Å²) in [6.45, 7) is 7.63. The molecule has 0 saturated heterocycles. The number of halogens is 1. The van der Waals surface area contributed by atoms with Crippen LogP contribution in [-0.2, 0) is 25.7 Å². The summed E-state index contributed by atoms with van der Waals surface area (Å²) in [5.74, 6) is -0.458. The van der Waals surface area contributed by atoms with Gasteiger partial charge < -0.3 is 10.6 Å². The van der Waals surface area contributed by atoms with Gasteiger partial charge in [0, 0.05) is 37.1 Å². The highest BCUT2D eigenvalue weighted by molar-refractivity contribution is 7.89. The zero-order valence-corrected chi connectivity index (χ0v) is 26.5.